The van der Waals surface area contributed by atoms with Gasteiger partial charge in [-0.15, -0.1) is 0 Å². The molecule has 10 atom stereocenters. The van der Waals surface area contributed by atoms with E-state index < -0.39 is 114 Å². The summed E-state index contributed by atoms with van der Waals surface area (Å²) in [5, 5.41) is 41.9. The molecule has 2 heterocycles. The van der Waals surface area contributed by atoms with Crippen LogP contribution in [0.4, 0.5) is 0 Å². The minimum Gasteiger partial charge on any atom is -0.508 e. The quantitative estimate of drug-likeness (QED) is 0.0645. The monoisotopic (exact) mass is 932 g/mol. The van der Waals surface area contributed by atoms with E-state index in [1.54, 1.807) is 25.3 Å². The molecule has 0 unspecified atom stereocenters. The maximum Gasteiger partial charge on any atom is 0.326 e. The molecule has 0 bridgehead atoms. The van der Waals surface area contributed by atoms with Crippen molar-refractivity contribution in [2.45, 2.75) is 147 Å². The van der Waals surface area contributed by atoms with E-state index in [0.717, 1.165) is 0 Å². The first-order valence-corrected chi connectivity index (χ1v) is 23.7. The summed E-state index contributed by atoms with van der Waals surface area (Å²) in [6.45, 7) is 9.21. The number of carboxylic acid groups (broad SMARTS) is 2. The molecule has 0 spiro atoms. The van der Waals surface area contributed by atoms with Crippen LogP contribution in [-0.2, 0) is 49.6 Å². The summed E-state index contributed by atoms with van der Waals surface area (Å²) in [6.07, 6.45) is 3.46. The summed E-state index contributed by atoms with van der Waals surface area (Å²) < 4.78 is 0. The number of rotatable bonds is 25. The largest absolute Gasteiger partial charge is 0.508 e. The molecular weight excluding hydrogens is 865 g/mol. The number of amides is 7. The molecule has 1 aromatic rings. The van der Waals surface area contributed by atoms with Gasteiger partial charge in [-0.2, -0.15) is 11.8 Å². The number of carbonyl (C=O) groups is 9. The van der Waals surface area contributed by atoms with Gasteiger partial charge < -0.3 is 57.4 Å². The van der Waals surface area contributed by atoms with E-state index in [1.165, 1.54) is 40.6 Å². The lowest BCUT2D eigenvalue weighted by atomic mass is 9.96. The Morgan fingerprint density at radius 1 is 0.708 bits per heavy atom. The maximum atomic E-state index is 14.5. The molecule has 20 nitrogen and oxygen atoms in total. The zero-order valence-electron chi connectivity index (χ0n) is 38.2. The summed E-state index contributed by atoms with van der Waals surface area (Å²) >= 11 is 1.38. The number of thioether (sulfide) groups is 1. The van der Waals surface area contributed by atoms with E-state index in [1.807, 2.05) is 20.8 Å². The third kappa shape index (κ3) is 15.6. The number of likely N-dealkylation sites (tertiary alicyclic amines) is 2. The van der Waals surface area contributed by atoms with Gasteiger partial charge in [-0.05, 0) is 87.0 Å². The van der Waals surface area contributed by atoms with E-state index in [2.05, 4.69) is 26.6 Å². The Kier molecular flexibility index (Phi) is 21.5. The number of hydrogen-bond donors (Lipinski definition) is 9. The summed E-state index contributed by atoms with van der Waals surface area (Å²) in [5.41, 5.74) is 6.65. The second kappa shape index (κ2) is 25.9. The Morgan fingerprint density at radius 2 is 1.25 bits per heavy atom. The van der Waals surface area contributed by atoms with Crippen molar-refractivity contribution in [2.24, 2.45) is 17.6 Å². The van der Waals surface area contributed by atoms with Gasteiger partial charge in [0.25, 0.3) is 0 Å². The standard InChI is InChI=1S/C44H68N8O12S/c1-7-24(3)35(45)41(60)46-26(5)42(61)51-20-9-11-32(51)40(59)49-31(23-27-13-15-28(53)16-14-27)38(57)50-36(25(4)8-2)43(62)52-21-10-12-33(52)39(58)47-29(19-22-65-6)37(56)48-30(44(63)64)17-18-34(54)55/h13-16,24-26,29-33,35-36,53H,7-12,17-23,45H2,1-6H3,(H,46,60)(H,47,58)(H,48,56)(H,49,59)(H,50,57)(H,54,55)(H,63,64)/t24-,25-,26-,29-,30-,31-,32-,33-,35-,36-/m0/s1. The first-order valence-electron chi connectivity index (χ1n) is 22.3. The molecule has 65 heavy (non-hydrogen) atoms. The molecule has 2 aliphatic rings. The summed E-state index contributed by atoms with van der Waals surface area (Å²) in [6, 6.07) is -2.97. The summed E-state index contributed by atoms with van der Waals surface area (Å²) in [5.74, 6) is -7.25. The molecular formula is C44H68N8O12S. The highest BCUT2D eigenvalue weighted by Crippen LogP contribution is 2.24. The Hall–Kier alpha value is -5.44. The molecule has 1 aromatic carbocycles. The van der Waals surface area contributed by atoms with Crippen molar-refractivity contribution in [3.63, 3.8) is 0 Å². The van der Waals surface area contributed by atoms with Crippen molar-refractivity contribution < 1.29 is 58.5 Å². The molecule has 0 aliphatic carbocycles. The third-order valence-electron chi connectivity index (χ3n) is 12.3. The lowest BCUT2D eigenvalue weighted by molar-refractivity contribution is -0.145. The molecule has 7 amide bonds. The smallest absolute Gasteiger partial charge is 0.326 e. The van der Waals surface area contributed by atoms with E-state index in [4.69, 9.17) is 10.8 Å². The lowest BCUT2D eigenvalue weighted by Gasteiger charge is -2.33. The number of hydrogen-bond acceptors (Lipinski definition) is 12. The fraction of sp³-hybridized carbons (Fsp3) is 0.659. The number of phenolic OH excluding ortho intramolecular Hbond substituents is 1. The van der Waals surface area contributed by atoms with Crippen LogP contribution in [0.15, 0.2) is 24.3 Å². The van der Waals surface area contributed by atoms with Gasteiger partial charge in [0.2, 0.25) is 41.4 Å². The Morgan fingerprint density at radius 3 is 1.77 bits per heavy atom. The minimum atomic E-state index is -1.51. The molecule has 3 rings (SSSR count). The van der Waals surface area contributed by atoms with Crippen LogP contribution in [0.5, 0.6) is 5.75 Å². The lowest BCUT2D eigenvalue weighted by Crippen LogP contribution is -2.61. The molecule has 2 fully saturated rings. The van der Waals surface area contributed by atoms with Crippen LogP contribution in [0.3, 0.4) is 0 Å². The van der Waals surface area contributed by atoms with Gasteiger partial charge in [0.05, 0.1) is 6.04 Å². The van der Waals surface area contributed by atoms with Crippen molar-refractivity contribution in [1.82, 2.24) is 36.4 Å². The van der Waals surface area contributed by atoms with Gasteiger partial charge in [-0.3, -0.25) is 38.4 Å². The normalized spacial score (nSPS) is 19.6. The van der Waals surface area contributed by atoms with Crippen molar-refractivity contribution in [3.05, 3.63) is 29.8 Å². The minimum absolute atomic E-state index is 0.0201. The first-order chi connectivity index (χ1) is 30.7. The number of carboxylic acids is 2. The fourth-order valence-corrected chi connectivity index (χ4v) is 8.24. The highest BCUT2D eigenvalue weighted by atomic mass is 32.2. The van der Waals surface area contributed by atoms with Gasteiger partial charge in [-0.25, -0.2) is 4.79 Å². The van der Waals surface area contributed by atoms with E-state index in [-0.39, 0.29) is 56.9 Å². The number of phenols is 1. The molecule has 0 radical (unpaired) electrons. The van der Waals surface area contributed by atoms with E-state index in [9.17, 15) is 53.4 Å². The second-order valence-corrected chi connectivity index (χ2v) is 18.0. The summed E-state index contributed by atoms with van der Waals surface area (Å²) in [4.78, 5) is 122. The molecule has 2 saturated heterocycles. The average molecular weight is 933 g/mol. The molecule has 10 N–H and O–H groups in total. The number of carbonyl (C=O) groups excluding carboxylic acids is 7. The highest BCUT2D eigenvalue weighted by molar-refractivity contribution is 7.98. The van der Waals surface area contributed by atoms with Crippen LogP contribution in [0.25, 0.3) is 0 Å². The van der Waals surface area contributed by atoms with Crippen LogP contribution in [-0.4, -0.2) is 152 Å². The molecule has 2 aliphatic heterocycles. The number of nitrogens with zero attached hydrogens (tertiary/aromatic N) is 2. The predicted octanol–water partition coefficient (Wildman–Crippen LogP) is 0.483. The molecule has 21 heteroatoms. The van der Waals surface area contributed by atoms with Crippen LogP contribution in [0.1, 0.15) is 98.0 Å². The van der Waals surface area contributed by atoms with Crippen molar-refractivity contribution in [1.29, 1.82) is 0 Å². The zero-order valence-corrected chi connectivity index (χ0v) is 39.0. The molecule has 362 valence electrons. The zero-order chi connectivity index (χ0) is 48.5. The SMILES string of the molecule is CC[C@H](C)[C@H](N)C(=O)N[C@@H](C)C(=O)N1CCC[C@H]1C(=O)N[C@@H](Cc1ccc(O)cc1)C(=O)N[C@H](C(=O)N1CCC[C@H]1C(=O)N[C@@H](CCSC)C(=O)N[C@@H](CCC(=O)O)C(=O)O)[C@@H](C)CC. The number of nitrogens with one attached hydrogen (secondary N) is 5. The van der Waals surface area contributed by atoms with Crippen molar-refractivity contribution in [2.75, 3.05) is 25.1 Å². The number of aromatic hydroxyl groups is 1. The molecule has 0 saturated carbocycles. The number of aliphatic carboxylic acids is 2. The molecule has 0 aromatic heterocycles. The Balaban J connectivity index is 1.83. The van der Waals surface area contributed by atoms with E-state index in [0.29, 0.717) is 37.0 Å². The van der Waals surface area contributed by atoms with Crippen LogP contribution in [0, 0.1) is 11.8 Å². The number of benzene rings is 1. The maximum absolute atomic E-state index is 14.5. The van der Waals surface area contributed by atoms with Gasteiger partial charge in [0.1, 0.15) is 48.0 Å². The predicted molar refractivity (Wildman–Crippen MR) is 241 cm³/mol. The van der Waals surface area contributed by atoms with Gasteiger partial charge >= 0.3 is 11.9 Å². The number of nitrogens with two attached hydrogens (primary N) is 1. The van der Waals surface area contributed by atoms with Gasteiger partial charge in [0.15, 0.2) is 0 Å². The van der Waals surface area contributed by atoms with Crippen molar-refractivity contribution >= 4 is 65.1 Å². The van der Waals surface area contributed by atoms with Crippen LogP contribution < -0.4 is 32.3 Å². The topological polar surface area (TPSA) is 307 Å². The fourth-order valence-electron chi connectivity index (χ4n) is 7.77. The second-order valence-electron chi connectivity index (χ2n) is 17.0. The van der Waals surface area contributed by atoms with Gasteiger partial charge in [-0.1, -0.05) is 52.7 Å². The van der Waals surface area contributed by atoms with Crippen LogP contribution >= 0.6 is 11.8 Å². The van der Waals surface area contributed by atoms with Crippen molar-refractivity contribution in [3.8, 4) is 5.75 Å². The highest BCUT2D eigenvalue weighted by Gasteiger charge is 2.42. The summed E-state index contributed by atoms with van der Waals surface area (Å²) in [7, 11) is 0. The Labute approximate surface area is 384 Å². The average Bonchev–Trinajstić information content (AvgIpc) is 3.98. The van der Waals surface area contributed by atoms with Gasteiger partial charge in [0, 0.05) is 25.9 Å². The van der Waals surface area contributed by atoms with E-state index >= 15 is 0 Å². The van der Waals surface area contributed by atoms with Crippen LogP contribution in [0.2, 0.25) is 0 Å². The third-order valence-corrected chi connectivity index (χ3v) is 12.9. The Bertz CT molecular complexity index is 1850. The first kappa shape index (κ1) is 53.9.